The fourth-order valence-corrected chi connectivity index (χ4v) is 3.25. The van der Waals surface area contributed by atoms with E-state index >= 15 is 0 Å². The van der Waals surface area contributed by atoms with Gasteiger partial charge in [0, 0.05) is 5.92 Å². The van der Waals surface area contributed by atoms with Crippen LogP contribution >= 0.6 is 15.9 Å². The zero-order valence-corrected chi connectivity index (χ0v) is 13.0. The second kappa shape index (κ2) is 6.91. The van der Waals surface area contributed by atoms with Gasteiger partial charge in [-0.15, -0.1) is 5.92 Å². The van der Waals surface area contributed by atoms with Crippen molar-refractivity contribution in [2.75, 3.05) is 6.61 Å². The van der Waals surface area contributed by atoms with Gasteiger partial charge >= 0.3 is 0 Å². The third-order valence-corrected chi connectivity index (χ3v) is 4.31. The Kier molecular flexibility index (Phi) is 5.21. The maximum absolute atomic E-state index is 5.56. The van der Waals surface area contributed by atoms with E-state index in [-0.39, 0.29) is 0 Å². The Morgan fingerprint density at radius 2 is 2.26 bits per heavy atom. The Morgan fingerprint density at radius 3 is 3.00 bits per heavy atom. The van der Waals surface area contributed by atoms with Gasteiger partial charge in [0.1, 0.15) is 10.8 Å². The van der Waals surface area contributed by atoms with E-state index in [0.717, 1.165) is 16.1 Å². The van der Waals surface area contributed by atoms with Gasteiger partial charge in [0.25, 0.3) is 0 Å². The molecular formula is C15H19BrN2O. The second-order valence-electron chi connectivity index (χ2n) is 5.06. The molecule has 0 spiro atoms. The molecule has 0 radical (unpaired) electrons. The van der Waals surface area contributed by atoms with Crippen molar-refractivity contribution in [3.8, 4) is 17.7 Å². The monoisotopic (exact) mass is 322 g/mol. The highest BCUT2D eigenvalue weighted by atomic mass is 79.9. The van der Waals surface area contributed by atoms with Gasteiger partial charge in [-0.3, -0.25) is 0 Å². The van der Waals surface area contributed by atoms with Crippen LogP contribution in [0, 0.1) is 17.8 Å². The third kappa shape index (κ3) is 3.70. The molecule has 2 unspecified atom stereocenters. The van der Waals surface area contributed by atoms with Crippen molar-refractivity contribution < 1.29 is 4.74 Å². The molecule has 1 fully saturated rings. The first-order valence-electron chi connectivity index (χ1n) is 6.75. The van der Waals surface area contributed by atoms with Crippen molar-refractivity contribution in [3.63, 3.8) is 0 Å². The summed E-state index contributed by atoms with van der Waals surface area (Å²) in [4.78, 5) is 8.63. The Balaban J connectivity index is 2.15. The van der Waals surface area contributed by atoms with Crippen LogP contribution in [0.3, 0.4) is 0 Å². The molecule has 0 N–H and O–H groups in total. The highest BCUT2D eigenvalue weighted by molar-refractivity contribution is 9.10. The van der Waals surface area contributed by atoms with Gasteiger partial charge in [-0.25, -0.2) is 9.97 Å². The van der Waals surface area contributed by atoms with Gasteiger partial charge in [0.2, 0.25) is 5.88 Å². The minimum atomic E-state index is 0.368. The van der Waals surface area contributed by atoms with E-state index < -0.39 is 0 Å². The van der Waals surface area contributed by atoms with E-state index in [9.17, 15) is 0 Å². The Labute approximate surface area is 123 Å². The van der Waals surface area contributed by atoms with E-state index in [2.05, 4.69) is 44.7 Å². The molecule has 4 heteroatoms. The molecule has 0 bridgehead atoms. The minimum Gasteiger partial charge on any atom is -0.464 e. The first-order valence-corrected chi connectivity index (χ1v) is 7.54. The lowest BCUT2D eigenvalue weighted by Crippen LogP contribution is -2.14. The molecule has 0 aromatic carbocycles. The van der Waals surface area contributed by atoms with E-state index in [1.165, 1.54) is 25.7 Å². The molecule has 102 valence electrons. The molecule has 2 rings (SSSR count). The number of hydrogen-bond donors (Lipinski definition) is 0. The van der Waals surface area contributed by atoms with Crippen molar-refractivity contribution >= 4 is 15.9 Å². The molecule has 0 aliphatic heterocycles. The summed E-state index contributed by atoms with van der Waals surface area (Å²) < 4.78 is 6.46. The molecule has 0 amide bonds. The largest absolute Gasteiger partial charge is 0.464 e. The first kappa shape index (κ1) is 14.3. The molecule has 1 saturated carbocycles. The smallest absolute Gasteiger partial charge is 0.232 e. The summed E-state index contributed by atoms with van der Waals surface area (Å²) in [6.07, 6.45) is 6.60. The highest BCUT2D eigenvalue weighted by Gasteiger charge is 2.24. The average Bonchev–Trinajstić information content (AvgIpc) is 2.41. The van der Waals surface area contributed by atoms with Crippen LogP contribution < -0.4 is 4.74 Å². The van der Waals surface area contributed by atoms with Crippen LogP contribution in [0.2, 0.25) is 0 Å². The van der Waals surface area contributed by atoms with Gasteiger partial charge in [0.15, 0.2) is 6.61 Å². The van der Waals surface area contributed by atoms with Gasteiger partial charge < -0.3 is 4.74 Å². The molecule has 2 atom stereocenters. The lowest BCUT2D eigenvalue weighted by Gasteiger charge is -2.27. The fourth-order valence-electron chi connectivity index (χ4n) is 2.61. The number of halogens is 1. The number of hydrogen-bond acceptors (Lipinski definition) is 3. The highest BCUT2D eigenvalue weighted by Crippen LogP contribution is 2.39. The van der Waals surface area contributed by atoms with E-state index in [4.69, 9.17) is 4.74 Å². The van der Waals surface area contributed by atoms with Crippen LogP contribution in [0.5, 0.6) is 5.88 Å². The summed E-state index contributed by atoms with van der Waals surface area (Å²) >= 11 is 3.59. The van der Waals surface area contributed by atoms with Gasteiger partial charge in [-0.1, -0.05) is 25.7 Å². The molecule has 19 heavy (non-hydrogen) atoms. The molecule has 0 saturated heterocycles. The van der Waals surface area contributed by atoms with Crippen molar-refractivity contribution in [3.05, 3.63) is 16.5 Å². The zero-order chi connectivity index (χ0) is 13.7. The molecule has 1 heterocycles. The number of aromatic nitrogens is 2. The van der Waals surface area contributed by atoms with Crippen molar-refractivity contribution in [2.45, 2.75) is 45.4 Å². The van der Waals surface area contributed by atoms with Crippen LogP contribution in [-0.4, -0.2) is 16.6 Å². The number of rotatable bonds is 3. The minimum absolute atomic E-state index is 0.368. The first-order chi connectivity index (χ1) is 9.22. The normalized spacial score (nSPS) is 22.5. The molecule has 1 aromatic rings. The van der Waals surface area contributed by atoms with Crippen LogP contribution in [0.25, 0.3) is 0 Å². The Hall–Kier alpha value is -1.08. The summed E-state index contributed by atoms with van der Waals surface area (Å²) in [5.41, 5.74) is 1.08. The number of nitrogens with zero attached hydrogens (tertiary/aromatic N) is 2. The van der Waals surface area contributed by atoms with E-state index in [1.807, 2.05) is 0 Å². The lowest BCUT2D eigenvalue weighted by atomic mass is 9.81. The lowest BCUT2D eigenvalue weighted by molar-refractivity contribution is 0.330. The SMILES string of the molecule is CC#CCOc1ncnc(C2CCCC(C)C2)c1Br. The maximum Gasteiger partial charge on any atom is 0.232 e. The summed E-state index contributed by atoms with van der Waals surface area (Å²) in [7, 11) is 0. The van der Waals surface area contributed by atoms with E-state index in [1.54, 1.807) is 13.3 Å². The topological polar surface area (TPSA) is 35.0 Å². The van der Waals surface area contributed by atoms with E-state index in [0.29, 0.717) is 18.4 Å². The van der Waals surface area contributed by atoms with Crippen LogP contribution in [0.1, 0.15) is 51.1 Å². The Bertz CT molecular complexity index is 493. The third-order valence-electron chi connectivity index (χ3n) is 3.57. The van der Waals surface area contributed by atoms with Crippen molar-refractivity contribution in [1.82, 2.24) is 9.97 Å². The summed E-state index contributed by atoms with van der Waals surface area (Å²) in [5.74, 6) is 7.58. The van der Waals surface area contributed by atoms with Crippen LogP contribution in [0.4, 0.5) is 0 Å². The van der Waals surface area contributed by atoms with Gasteiger partial charge in [-0.2, -0.15) is 0 Å². The van der Waals surface area contributed by atoms with Crippen LogP contribution in [0.15, 0.2) is 10.8 Å². The Morgan fingerprint density at radius 1 is 1.42 bits per heavy atom. The van der Waals surface area contributed by atoms with Gasteiger partial charge in [0.05, 0.1) is 5.69 Å². The predicted octanol–water partition coefficient (Wildman–Crippen LogP) is 3.93. The standard InChI is InChI=1S/C15H19BrN2O/c1-3-4-8-19-15-13(16)14(17-10-18-15)12-7-5-6-11(2)9-12/h10-12H,5-9H2,1-2H3. The number of ether oxygens (including phenoxy) is 1. The quantitative estimate of drug-likeness (QED) is 0.791. The predicted molar refractivity (Wildman–Crippen MR) is 79.1 cm³/mol. The fraction of sp³-hybridized carbons (Fsp3) is 0.600. The molecular weight excluding hydrogens is 304 g/mol. The molecule has 1 aromatic heterocycles. The molecule has 3 nitrogen and oxygen atoms in total. The van der Waals surface area contributed by atoms with Gasteiger partial charge in [-0.05, 0) is 41.6 Å². The zero-order valence-electron chi connectivity index (χ0n) is 11.4. The maximum atomic E-state index is 5.56. The van der Waals surface area contributed by atoms with Crippen molar-refractivity contribution in [1.29, 1.82) is 0 Å². The summed E-state index contributed by atoms with van der Waals surface area (Å²) in [6.45, 7) is 4.48. The average molecular weight is 323 g/mol. The summed E-state index contributed by atoms with van der Waals surface area (Å²) in [6, 6.07) is 0. The molecule has 1 aliphatic rings. The molecule has 1 aliphatic carbocycles. The van der Waals surface area contributed by atoms with Crippen molar-refractivity contribution in [2.24, 2.45) is 5.92 Å². The van der Waals surface area contributed by atoms with Crippen LogP contribution in [-0.2, 0) is 0 Å². The summed E-state index contributed by atoms with van der Waals surface area (Å²) in [5, 5.41) is 0. The second-order valence-corrected chi connectivity index (χ2v) is 5.86.